The number of rotatable bonds is 5. The minimum absolute atomic E-state index is 0.131. The molecule has 0 fully saturated rings. The van der Waals surface area contributed by atoms with Crippen LogP contribution in [0.4, 0.5) is 4.39 Å². The largest absolute Gasteiger partial charge is 0.347 e. The molecule has 1 aliphatic heterocycles. The van der Waals surface area contributed by atoms with E-state index in [1.54, 1.807) is 6.07 Å². The van der Waals surface area contributed by atoms with Crippen molar-refractivity contribution < 1.29 is 9.18 Å². The number of hydrogen-bond acceptors (Lipinski definition) is 4. The lowest BCUT2D eigenvalue weighted by atomic mass is 10.1. The van der Waals surface area contributed by atoms with Gasteiger partial charge in [0.05, 0.1) is 16.8 Å². The lowest BCUT2D eigenvalue weighted by molar-refractivity contribution is 0.0942. The van der Waals surface area contributed by atoms with Crippen LogP contribution in [0.2, 0.25) is 0 Å². The maximum absolute atomic E-state index is 13.4. The van der Waals surface area contributed by atoms with Crippen LogP contribution in [0.15, 0.2) is 36.5 Å². The minimum Gasteiger partial charge on any atom is -0.347 e. The van der Waals surface area contributed by atoms with E-state index >= 15 is 0 Å². The molecule has 3 heterocycles. The molecule has 0 unspecified atom stereocenters. The molecule has 146 valence electrons. The highest BCUT2D eigenvalue weighted by molar-refractivity contribution is 7.14. The van der Waals surface area contributed by atoms with Crippen molar-refractivity contribution in [3.8, 4) is 11.3 Å². The van der Waals surface area contributed by atoms with Crippen LogP contribution >= 0.6 is 11.3 Å². The fourth-order valence-corrected chi connectivity index (χ4v) is 4.82. The average Bonchev–Trinajstić information content (AvgIpc) is 3.20. The summed E-state index contributed by atoms with van der Waals surface area (Å²) in [5.41, 5.74) is 10.0. The molecular weight excluding hydrogens is 375 g/mol. The Kier molecular flexibility index (Phi) is 5.28. The first kappa shape index (κ1) is 18.8. The number of nitrogens with zero attached hydrogens (tertiary/aromatic N) is 2. The Balaban J connectivity index is 1.54. The summed E-state index contributed by atoms with van der Waals surface area (Å²) < 4.78 is 15.4. The van der Waals surface area contributed by atoms with Crippen LogP contribution in [-0.4, -0.2) is 28.3 Å². The zero-order valence-electron chi connectivity index (χ0n) is 15.7. The van der Waals surface area contributed by atoms with Gasteiger partial charge in [0.15, 0.2) is 0 Å². The number of fused-ring (bicyclic) bond motifs is 3. The van der Waals surface area contributed by atoms with Crippen molar-refractivity contribution in [3.63, 3.8) is 0 Å². The molecule has 0 bridgehead atoms. The van der Waals surface area contributed by atoms with E-state index in [0.717, 1.165) is 41.8 Å². The number of aromatic nitrogens is 2. The molecule has 3 aromatic rings. The smallest absolute Gasteiger partial charge is 0.261 e. The van der Waals surface area contributed by atoms with E-state index in [0.29, 0.717) is 17.8 Å². The summed E-state index contributed by atoms with van der Waals surface area (Å²) in [6.45, 7) is 3.24. The number of aryl methyl sites for hydroxylation is 3. The highest BCUT2D eigenvalue weighted by Gasteiger charge is 2.23. The van der Waals surface area contributed by atoms with Crippen LogP contribution in [0.1, 0.15) is 32.1 Å². The SMILES string of the molecule is Cc1cnn2c1-c1cc(C(=O)N[C@H](CN)Cc3cccc(F)c3)sc1CCC2. The standard InChI is InChI=1S/C21H23FN4OS/c1-13-12-24-26-7-3-6-18-17(20(13)26)10-19(28-18)21(27)25-16(11-23)9-14-4-2-5-15(22)8-14/h2,4-5,8,10,12,16H,3,6-7,9,11,23H2,1H3,(H,25,27)/t16-/m0/s1. The van der Waals surface area contributed by atoms with Crippen LogP contribution in [0.25, 0.3) is 11.3 Å². The van der Waals surface area contributed by atoms with E-state index < -0.39 is 0 Å². The fraction of sp³-hybridized carbons (Fsp3) is 0.333. The van der Waals surface area contributed by atoms with Gasteiger partial charge < -0.3 is 11.1 Å². The molecule has 0 spiro atoms. The molecular formula is C21H23FN4OS. The van der Waals surface area contributed by atoms with Gasteiger partial charge in [0.2, 0.25) is 0 Å². The number of benzene rings is 1. The Morgan fingerprint density at radius 3 is 3.07 bits per heavy atom. The predicted molar refractivity (Wildman–Crippen MR) is 109 cm³/mol. The molecule has 1 aliphatic rings. The number of amides is 1. The maximum atomic E-state index is 13.4. The average molecular weight is 399 g/mol. The first-order valence-corrected chi connectivity index (χ1v) is 10.3. The van der Waals surface area contributed by atoms with Gasteiger partial charge in [-0.25, -0.2) is 4.39 Å². The van der Waals surface area contributed by atoms with Gasteiger partial charge >= 0.3 is 0 Å². The van der Waals surface area contributed by atoms with Gasteiger partial charge in [-0.1, -0.05) is 12.1 Å². The second kappa shape index (κ2) is 7.85. The zero-order chi connectivity index (χ0) is 19.7. The van der Waals surface area contributed by atoms with E-state index in [1.165, 1.54) is 28.3 Å². The summed E-state index contributed by atoms with van der Waals surface area (Å²) in [4.78, 5) is 14.8. The molecule has 2 aromatic heterocycles. The lowest BCUT2D eigenvalue weighted by Crippen LogP contribution is -2.41. The number of hydrogen-bond donors (Lipinski definition) is 2. The van der Waals surface area contributed by atoms with Crippen molar-refractivity contribution >= 4 is 17.2 Å². The Morgan fingerprint density at radius 2 is 2.29 bits per heavy atom. The highest BCUT2D eigenvalue weighted by atomic mass is 32.1. The Hall–Kier alpha value is -2.51. The number of carbonyl (C=O) groups excluding carboxylic acids is 1. The summed E-state index contributed by atoms with van der Waals surface area (Å²) in [6, 6.07) is 8.12. The van der Waals surface area contributed by atoms with Crippen LogP contribution in [-0.2, 0) is 19.4 Å². The summed E-state index contributed by atoms with van der Waals surface area (Å²) in [7, 11) is 0. The molecule has 3 N–H and O–H groups in total. The molecule has 5 nitrogen and oxygen atoms in total. The summed E-state index contributed by atoms with van der Waals surface area (Å²) in [5.74, 6) is -0.415. The molecule has 28 heavy (non-hydrogen) atoms. The second-order valence-corrected chi connectivity index (χ2v) is 8.33. The topological polar surface area (TPSA) is 72.9 Å². The van der Waals surface area contributed by atoms with Crippen LogP contribution in [0.5, 0.6) is 0 Å². The third-order valence-electron chi connectivity index (χ3n) is 5.07. The molecule has 4 rings (SSSR count). The lowest BCUT2D eigenvalue weighted by Gasteiger charge is -2.16. The van der Waals surface area contributed by atoms with Crippen LogP contribution < -0.4 is 11.1 Å². The number of nitrogens with one attached hydrogen (secondary N) is 1. The molecule has 0 saturated heterocycles. The number of thiophene rings is 1. The fourth-order valence-electron chi connectivity index (χ4n) is 3.71. The molecule has 1 atom stereocenters. The maximum Gasteiger partial charge on any atom is 0.261 e. The van der Waals surface area contributed by atoms with Gasteiger partial charge in [0.1, 0.15) is 5.82 Å². The van der Waals surface area contributed by atoms with Crippen molar-refractivity contribution in [2.75, 3.05) is 6.54 Å². The second-order valence-electron chi connectivity index (χ2n) is 7.19. The monoisotopic (exact) mass is 398 g/mol. The summed E-state index contributed by atoms with van der Waals surface area (Å²) in [5, 5.41) is 7.47. The van der Waals surface area contributed by atoms with Gasteiger partial charge in [-0.3, -0.25) is 9.48 Å². The summed E-state index contributed by atoms with van der Waals surface area (Å²) >= 11 is 1.54. The Bertz CT molecular complexity index is 1010. The van der Waals surface area contributed by atoms with Crippen molar-refractivity contribution in [1.82, 2.24) is 15.1 Å². The van der Waals surface area contributed by atoms with E-state index in [-0.39, 0.29) is 17.8 Å². The Morgan fingerprint density at radius 1 is 1.43 bits per heavy atom. The van der Waals surface area contributed by atoms with Crippen LogP contribution in [0, 0.1) is 12.7 Å². The van der Waals surface area contributed by atoms with Gasteiger partial charge in [0, 0.05) is 29.6 Å². The molecule has 0 saturated carbocycles. The third kappa shape index (κ3) is 3.72. The van der Waals surface area contributed by atoms with Crippen molar-refractivity contribution in [1.29, 1.82) is 0 Å². The number of carbonyl (C=O) groups is 1. The van der Waals surface area contributed by atoms with Gasteiger partial charge in [-0.05, 0) is 55.5 Å². The quantitative estimate of drug-likeness (QED) is 0.693. The van der Waals surface area contributed by atoms with Crippen molar-refractivity contribution in [2.24, 2.45) is 5.73 Å². The molecule has 7 heteroatoms. The molecule has 0 radical (unpaired) electrons. The van der Waals surface area contributed by atoms with Gasteiger partial charge in [-0.15, -0.1) is 11.3 Å². The first-order valence-electron chi connectivity index (χ1n) is 9.46. The molecule has 0 aliphatic carbocycles. The number of halogens is 1. The van der Waals surface area contributed by atoms with Crippen molar-refractivity contribution in [2.45, 2.75) is 38.8 Å². The zero-order valence-corrected chi connectivity index (χ0v) is 16.6. The van der Waals surface area contributed by atoms with E-state index in [9.17, 15) is 9.18 Å². The predicted octanol–water partition coefficient (Wildman–Crippen LogP) is 3.31. The molecule has 1 amide bonds. The van der Waals surface area contributed by atoms with E-state index in [4.69, 9.17) is 5.73 Å². The van der Waals surface area contributed by atoms with Crippen molar-refractivity contribution in [3.05, 3.63) is 63.2 Å². The minimum atomic E-state index is -0.284. The number of nitrogens with two attached hydrogens (primary N) is 1. The van der Waals surface area contributed by atoms with Gasteiger partial charge in [0.25, 0.3) is 5.91 Å². The van der Waals surface area contributed by atoms with E-state index in [1.807, 2.05) is 23.0 Å². The van der Waals surface area contributed by atoms with E-state index in [2.05, 4.69) is 17.3 Å². The summed E-state index contributed by atoms with van der Waals surface area (Å²) in [6.07, 6.45) is 4.33. The normalized spacial score (nSPS) is 14.1. The van der Waals surface area contributed by atoms with Gasteiger partial charge in [-0.2, -0.15) is 5.10 Å². The Labute approximate surface area is 167 Å². The third-order valence-corrected chi connectivity index (χ3v) is 6.27. The highest BCUT2D eigenvalue weighted by Crippen LogP contribution is 2.36. The van der Waals surface area contributed by atoms with Crippen LogP contribution in [0.3, 0.4) is 0 Å². The molecule has 1 aromatic carbocycles. The first-order chi connectivity index (χ1) is 13.5.